The normalized spacial score (nSPS) is 18.3. The average molecular weight is 397 g/mol. The van der Waals surface area contributed by atoms with E-state index in [0.29, 0.717) is 24.3 Å². The zero-order chi connectivity index (χ0) is 20.7. The lowest BCUT2D eigenvalue weighted by Gasteiger charge is -2.33. The number of H-pyrrole nitrogens is 1. The van der Waals surface area contributed by atoms with Crippen LogP contribution in [0.3, 0.4) is 0 Å². The predicted molar refractivity (Wildman–Crippen MR) is 108 cm³/mol. The van der Waals surface area contributed by atoms with Gasteiger partial charge in [0.25, 0.3) is 5.56 Å². The molecule has 154 valence electrons. The first kappa shape index (κ1) is 19.4. The summed E-state index contributed by atoms with van der Waals surface area (Å²) in [5, 5.41) is 7.58. The standard InChI is InChI=1S/C20H27N7O2/c1-12-8-20(29)27-18(21-12)10-17(24-27)16-6-5-7-25(11-16)19(28)9-13(2)26-15(4)22-14(3)23-26/h8,10,13,16,24H,5-7,9,11H2,1-4H3. The zero-order valence-corrected chi connectivity index (χ0v) is 17.3. The van der Waals surface area contributed by atoms with Crippen LogP contribution in [0.15, 0.2) is 16.9 Å². The Morgan fingerprint density at radius 3 is 2.79 bits per heavy atom. The number of likely N-dealkylation sites (tertiary alicyclic amines) is 1. The second-order valence-electron chi connectivity index (χ2n) is 8.02. The van der Waals surface area contributed by atoms with Crippen molar-refractivity contribution in [1.82, 2.24) is 34.3 Å². The number of carbonyl (C=O) groups excluding carboxylic acids is 1. The Morgan fingerprint density at radius 1 is 1.28 bits per heavy atom. The summed E-state index contributed by atoms with van der Waals surface area (Å²) in [4.78, 5) is 35.8. The summed E-state index contributed by atoms with van der Waals surface area (Å²) < 4.78 is 3.30. The Labute approximate surface area is 168 Å². The molecule has 0 bridgehead atoms. The van der Waals surface area contributed by atoms with Gasteiger partial charge in [0.1, 0.15) is 11.6 Å². The smallest absolute Gasteiger partial charge is 0.272 e. The topological polar surface area (TPSA) is 101 Å². The molecule has 2 atom stereocenters. The lowest BCUT2D eigenvalue weighted by molar-refractivity contribution is -0.133. The number of nitrogens with zero attached hydrogens (tertiary/aromatic N) is 6. The van der Waals surface area contributed by atoms with Crippen molar-refractivity contribution in [1.29, 1.82) is 0 Å². The molecular formula is C20H27N7O2. The largest absolute Gasteiger partial charge is 0.342 e. The Kier molecular flexibility index (Phi) is 4.97. The maximum Gasteiger partial charge on any atom is 0.272 e. The van der Waals surface area contributed by atoms with Crippen LogP contribution in [0.25, 0.3) is 5.65 Å². The quantitative estimate of drug-likeness (QED) is 0.724. The van der Waals surface area contributed by atoms with Crippen LogP contribution in [0.5, 0.6) is 0 Å². The fourth-order valence-electron chi connectivity index (χ4n) is 4.22. The van der Waals surface area contributed by atoms with E-state index in [-0.39, 0.29) is 23.4 Å². The van der Waals surface area contributed by atoms with Crippen molar-refractivity contribution in [2.75, 3.05) is 13.1 Å². The highest BCUT2D eigenvalue weighted by Crippen LogP contribution is 2.27. The minimum Gasteiger partial charge on any atom is -0.342 e. The van der Waals surface area contributed by atoms with E-state index in [9.17, 15) is 9.59 Å². The number of nitrogens with one attached hydrogen (secondary N) is 1. The summed E-state index contributed by atoms with van der Waals surface area (Å²) in [6, 6.07) is 3.40. The SMILES string of the molecule is Cc1cc(=O)n2[nH]c(C3CCCN(C(=O)CC(C)n4nc(C)nc4C)C3)cc2n1. The Hall–Kier alpha value is -2.97. The van der Waals surface area contributed by atoms with E-state index in [2.05, 4.69) is 20.2 Å². The van der Waals surface area contributed by atoms with E-state index in [1.54, 1.807) is 0 Å². The van der Waals surface area contributed by atoms with Gasteiger partial charge in [-0.1, -0.05) is 0 Å². The van der Waals surface area contributed by atoms with E-state index >= 15 is 0 Å². The third-order valence-corrected chi connectivity index (χ3v) is 5.61. The van der Waals surface area contributed by atoms with E-state index in [0.717, 1.165) is 36.7 Å². The first-order chi connectivity index (χ1) is 13.8. The molecule has 4 heterocycles. The number of aryl methyl sites for hydroxylation is 3. The van der Waals surface area contributed by atoms with Gasteiger partial charge >= 0.3 is 0 Å². The molecule has 9 heteroatoms. The van der Waals surface area contributed by atoms with Gasteiger partial charge in [-0.05, 0) is 40.5 Å². The molecule has 29 heavy (non-hydrogen) atoms. The molecule has 1 fully saturated rings. The van der Waals surface area contributed by atoms with Crippen molar-refractivity contribution >= 4 is 11.6 Å². The van der Waals surface area contributed by atoms with Gasteiger partial charge in [0, 0.05) is 48.9 Å². The van der Waals surface area contributed by atoms with Crippen LogP contribution in [0.4, 0.5) is 0 Å². The fourth-order valence-corrected chi connectivity index (χ4v) is 4.22. The maximum absolute atomic E-state index is 12.9. The molecule has 1 N–H and O–H groups in total. The number of rotatable bonds is 4. The third kappa shape index (κ3) is 3.81. The van der Waals surface area contributed by atoms with Gasteiger partial charge in [-0.15, -0.1) is 0 Å². The highest BCUT2D eigenvalue weighted by molar-refractivity contribution is 5.76. The lowest BCUT2D eigenvalue weighted by atomic mass is 9.94. The van der Waals surface area contributed by atoms with Crippen LogP contribution in [0.1, 0.15) is 61.2 Å². The second kappa shape index (κ2) is 7.46. The number of piperidine rings is 1. The van der Waals surface area contributed by atoms with Crippen LogP contribution in [-0.2, 0) is 4.79 Å². The second-order valence-corrected chi connectivity index (χ2v) is 8.02. The van der Waals surface area contributed by atoms with E-state index in [4.69, 9.17) is 0 Å². The van der Waals surface area contributed by atoms with Crippen LogP contribution in [0, 0.1) is 20.8 Å². The lowest BCUT2D eigenvalue weighted by Crippen LogP contribution is -2.40. The summed E-state index contributed by atoms with van der Waals surface area (Å²) in [5.74, 6) is 1.83. The Morgan fingerprint density at radius 2 is 2.07 bits per heavy atom. The predicted octanol–water partition coefficient (Wildman–Crippen LogP) is 1.90. The van der Waals surface area contributed by atoms with Gasteiger partial charge in [-0.25, -0.2) is 19.2 Å². The third-order valence-electron chi connectivity index (χ3n) is 5.61. The molecule has 9 nitrogen and oxygen atoms in total. The van der Waals surface area contributed by atoms with Crippen molar-refractivity contribution in [3.63, 3.8) is 0 Å². The molecule has 1 saturated heterocycles. The summed E-state index contributed by atoms with van der Waals surface area (Å²) in [6.45, 7) is 8.98. The summed E-state index contributed by atoms with van der Waals surface area (Å²) in [7, 11) is 0. The molecule has 3 aromatic rings. The summed E-state index contributed by atoms with van der Waals surface area (Å²) >= 11 is 0. The Balaban J connectivity index is 1.48. The first-order valence-corrected chi connectivity index (χ1v) is 10.1. The minimum absolute atomic E-state index is 0.0390. The van der Waals surface area contributed by atoms with E-state index in [1.807, 2.05) is 43.3 Å². The Bertz CT molecular complexity index is 1110. The average Bonchev–Trinajstić information content (AvgIpc) is 3.24. The first-order valence-electron chi connectivity index (χ1n) is 10.1. The molecule has 0 radical (unpaired) electrons. The minimum atomic E-state index is -0.116. The molecular weight excluding hydrogens is 370 g/mol. The van der Waals surface area contributed by atoms with Gasteiger partial charge in [0.15, 0.2) is 5.65 Å². The highest BCUT2D eigenvalue weighted by Gasteiger charge is 2.27. The van der Waals surface area contributed by atoms with Crippen molar-refractivity contribution in [2.24, 2.45) is 0 Å². The number of hydrogen-bond donors (Lipinski definition) is 1. The molecule has 0 aromatic carbocycles. The molecule has 3 aromatic heterocycles. The van der Waals surface area contributed by atoms with Crippen molar-refractivity contribution in [2.45, 2.75) is 58.9 Å². The number of carbonyl (C=O) groups is 1. The number of aromatic nitrogens is 6. The highest BCUT2D eigenvalue weighted by atomic mass is 16.2. The molecule has 0 spiro atoms. The fraction of sp³-hybridized carbons (Fsp3) is 0.550. The molecule has 2 unspecified atom stereocenters. The monoisotopic (exact) mass is 397 g/mol. The number of aromatic amines is 1. The van der Waals surface area contributed by atoms with Crippen molar-refractivity contribution in [3.05, 3.63) is 45.5 Å². The molecule has 4 rings (SSSR count). The number of fused-ring (bicyclic) bond motifs is 1. The van der Waals surface area contributed by atoms with Gasteiger partial charge in [-0.3, -0.25) is 14.7 Å². The van der Waals surface area contributed by atoms with Crippen molar-refractivity contribution in [3.8, 4) is 0 Å². The van der Waals surface area contributed by atoms with Gasteiger partial charge in [0.05, 0.1) is 6.04 Å². The van der Waals surface area contributed by atoms with Crippen LogP contribution in [0.2, 0.25) is 0 Å². The molecule has 1 aliphatic heterocycles. The maximum atomic E-state index is 12.9. The zero-order valence-electron chi connectivity index (χ0n) is 17.3. The number of hydrogen-bond acceptors (Lipinski definition) is 5. The van der Waals surface area contributed by atoms with Gasteiger partial charge < -0.3 is 4.90 Å². The van der Waals surface area contributed by atoms with Gasteiger partial charge in [0.2, 0.25) is 5.91 Å². The summed E-state index contributed by atoms with van der Waals surface area (Å²) in [6.07, 6.45) is 2.30. The summed E-state index contributed by atoms with van der Waals surface area (Å²) in [5.41, 5.74) is 2.16. The van der Waals surface area contributed by atoms with E-state index < -0.39 is 0 Å². The van der Waals surface area contributed by atoms with Crippen molar-refractivity contribution < 1.29 is 4.79 Å². The van der Waals surface area contributed by atoms with Crippen LogP contribution >= 0.6 is 0 Å². The number of amides is 1. The van der Waals surface area contributed by atoms with Crippen LogP contribution < -0.4 is 5.56 Å². The molecule has 1 aliphatic rings. The van der Waals surface area contributed by atoms with Gasteiger partial charge in [-0.2, -0.15) is 5.10 Å². The van der Waals surface area contributed by atoms with Crippen LogP contribution in [-0.4, -0.2) is 53.3 Å². The molecule has 0 aliphatic carbocycles. The van der Waals surface area contributed by atoms with E-state index in [1.165, 1.54) is 10.6 Å². The molecule has 0 saturated carbocycles. The molecule has 1 amide bonds.